The van der Waals surface area contributed by atoms with Crippen molar-refractivity contribution in [3.8, 4) is 0 Å². The molecule has 1 rings (SSSR count). The van der Waals surface area contributed by atoms with Crippen LogP contribution < -0.4 is 0 Å². The lowest BCUT2D eigenvalue weighted by Crippen LogP contribution is -1.88. The Kier molecular flexibility index (Phi) is 5.16. The van der Waals surface area contributed by atoms with Crippen LogP contribution in [0.1, 0.15) is 63.8 Å². The number of hydrogen-bond acceptors (Lipinski definition) is 2. The molecule has 0 aliphatic carbocycles. The van der Waals surface area contributed by atoms with Crippen LogP contribution >= 0.6 is 11.6 Å². The van der Waals surface area contributed by atoms with Gasteiger partial charge in [0.25, 0.3) is 0 Å². The Morgan fingerprint density at radius 3 is 2.53 bits per heavy atom. The van der Waals surface area contributed by atoms with Gasteiger partial charge in [0.2, 0.25) is 0 Å². The first-order valence-corrected chi connectivity index (χ1v) is 6.18. The third kappa shape index (κ3) is 3.53. The maximum atomic E-state index is 6.18. The molecular formula is C12H20ClNO. The molecule has 0 fully saturated rings. The monoisotopic (exact) mass is 229 g/mol. The minimum atomic E-state index is 0.339. The van der Waals surface area contributed by atoms with E-state index in [0.717, 1.165) is 29.3 Å². The Balaban J connectivity index is 2.48. The molecule has 1 aromatic rings. The van der Waals surface area contributed by atoms with Crippen LogP contribution in [0, 0.1) is 0 Å². The van der Waals surface area contributed by atoms with Crippen LogP contribution in [0.25, 0.3) is 0 Å². The summed E-state index contributed by atoms with van der Waals surface area (Å²) in [7, 11) is 0. The van der Waals surface area contributed by atoms with Gasteiger partial charge in [-0.25, -0.2) is 0 Å². The van der Waals surface area contributed by atoms with Gasteiger partial charge >= 0.3 is 0 Å². The summed E-state index contributed by atoms with van der Waals surface area (Å²) < 4.78 is 5.25. The summed E-state index contributed by atoms with van der Waals surface area (Å²) in [6, 6.07) is 0. The normalized spacial score (nSPS) is 11.3. The zero-order chi connectivity index (χ0) is 11.3. The van der Waals surface area contributed by atoms with Crippen LogP contribution in [0.5, 0.6) is 0 Å². The van der Waals surface area contributed by atoms with Gasteiger partial charge in [-0.2, -0.15) is 0 Å². The number of nitrogens with zero attached hydrogens (tertiary/aromatic N) is 1. The molecule has 0 aromatic carbocycles. The van der Waals surface area contributed by atoms with Gasteiger partial charge in [-0.1, -0.05) is 56.8 Å². The minimum absolute atomic E-state index is 0.339. The summed E-state index contributed by atoms with van der Waals surface area (Å²) in [6.45, 7) is 6.35. The molecule has 0 N–H and O–H groups in total. The van der Waals surface area contributed by atoms with Crippen molar-refractivity contribution in [2.24, 2.45) is 0 Å². The standard InChI is InChI=1S/C12H20ClNO/c1-4-5-6-7-8-10-11(13)12(9(2)3)14-15-10/h9H,4-8H2,1-3H3. The topological polar surface area (TPSA) is 26.0 Å². The van der Waals surface area contributed by atoms with E-state index in [1.54, 1.807) is 0 Å². The van der Waals surface area contributed by atoms with Crippen LogP contribution in [-0.4, -0.2) is 5.16 Å². The third-order valence-corrected chi connectivity index (χ3v) is 2.93. The van der Waals surface area contributed by atoms with Crippen LogP contribution in [0.15, 0.2) is 4.52 Å². The van der Waals surface area contributed by atoms with Crippen molar-refractivity contribution < 1.29 is 4.52 Å². The molecule has 1 heterocycles. The van der Waals surface area contributed by atoms with E-state index in [-0.39, 0.29) is 0 Å². The highest BCUT2D eigenvalue weighted by Crippen LogP contribution is 2.27. The van der Waals surface area contributed by atoms with E-state index in [9.17, 15) is 0 Å². The number of unbranched alkanes of at least 4 members (excludes halogenated alkanes) is 3. The number of aryl methyl sites for hydroxylation is 1. The predicted molar refractivity (Wildman–Crippen MR) is 63.4 cm³/mol. The van der Waals surface area contributed by atoms with Crippen molar-refractivity contribution in [3.63, 3.8) is 0 Å². The molecule has 0 atom stereocenters. The molecular weight excluding hydrogens is 210 g/mol. The summed E-state index contributed by atoms with van der Waals surface area (Å²) in [6.07, 6.45) is 5.83. The highest BCUT2D eigenvalue weighted by molar-refractivity contribution is 6.31. The first kappa shape index (κ1) is 12.6. The van der Waals surface area contributed by atoms with Gasteiger partial charge in [0, 0.05) is 12.3 Å². The van der Waals surface area contributed by atoms with Crippen molar-refractivity contribution in [2.75, 3.05) is 0 Å². The highest BCUT2D eigenvalue weighted by atomic mass is 35.5. The summed E-state index contributed by atoms with van der Waals surface area (Å²) in [5.41, 5.74) is 0.891. The molecule has 3 heteroatoms. The van der Waals surface area contributed by atoms with Crippen LogP contribution in [-0.2, 0) is 6.42 Å². The Labute approximate surface area is 97.0 Å². The quantitative estimate of drug-likeness (QED) is 0.668. The zero-order valence-corrected chi connectivity index (χ0v) is 10.6. The predicted octanol–water partition coefficient (Wildman–Crippen LogP) is 4.57. The van der Waals surface area contributed by atoms with Crippen molar-refractivity contribution in [2.45, 2.75) is 58.8 Å². The van der Waals surface area contributed by atoms with E-state index in [1.807, 2.05) is 0 Å². The molecule has 15 heavy (non-hydrogen) atoms. The molecule has 0 saturated carbocycles. The van der Waals surface area contributed by atoms with Gasteiger partial charge in [-0.3, -0.25) is 0 Å². The van der Waals surface area contributed by atoms with E-state index >= 15 is 0 Å². The minimum Gasteiger partial charge on any atom is -0.360 e. The van der Waals surface area contributed by atoms with Crippen molar-refractivity contribution in [3.05, 3.63) is 16.5 Å². The molecule has 0 aliphatic rings. The zero-order valence-electron chi connectivity index (χ0n) is 9.85. The fourth-order valence-corrected chi connectivity index (χ4v) is 1.94. The van der Waals surface area contributed by atoms with Crippen LogP contribution in [0.2, 0.25) is 5.02 Å². The largest absolute Gasteiger partial charge is 0.360 e. The van der Waals surface area contributed by atoms with Gasteiger partial charge in [0.05, 0.1) is 0 Å². The van der Waals surface area contributed by atoms with Crippen molar-refractivity contribution >= 4 is 11.6 Å². The molecule has 0 saturated heterocycles. The molecule has 0 radical (unpaired) electrons. The average molecular weight is 230 g/mol. The van der Waals surface area contributed by atoms with Gasteiger partial charge in [0.15, 0.2) is 5.76 Å². The summed E-state index contributed by atoms with van der Waals surface area (Å²) in [4.78, 5) is 0. The molecule has 86 valence electrons. The Bertz CT molecular complexity index is 294. The molecule has 0 aliphatic heterocycles. The van der Waals surface area contributed by atoms with E-state index in [1.165, 1.54) is 19.3 Å². The fraction of sp³-hybridized carbons (Fsp3) is 0.750. The maximum Gasteiger partial charge on any atom is 0.155 e. The number of halogens is 1. The summed E-state index contributed by atoms with van der Waals surface area (Å²) in [5.74, 6) is 1.20. The lowest BCUT2D eigenvalue weighted by molar-refractivity contribution is 0.371. The maximum absolute atomic E-state index is 6.18. The molecule has 1 aromatic heterocycles. The number of aromatic nitrogens is 1. The van der Waals surface area contributed by atoms with E-state index in [4.69, 9.17) is 16.1 Å². The lowest BCUT2D eigenvalue weighted by atomic mass is 10.1. The van der Waals surface area contributed by atoms with Gasteiger partial charge < -0.3 is 4.52 Å². The van der Waals surface area contributed by atoms with Crippen LogP contribution in [0.4, 0.5) is 0 Å². The highest BCUT2D eigenvalue weighted by Gasteiger charge is 2.15. The summed E-state index contributed by atoms with van der Waals surface area (Å²) in [5, 5.41) is 4.74. The second kappa shape index (κ2) is 6.16. The fourth-order valence-electron chi connectivity index (χ4n) is 1.55. The van der Waals surface area contributed by atoms with E-state index in [2.05, 4.69) is 25.9 Å². The Hall–Kier alpha value is -0.500. The van der Waals surface area contributed by atoms with Crippen LogP contribution in [0.3, 0.4) is 0 Å². The SMILES string of the molecule is CCCCCCc1onc(C(C)C)c1Cl. The molecule has 0 spiro atoms. The van der Waals surface area contributed by atoms with E-state index in [0.29, 0.717) is 5.92 Å². The first-order chi connectivity index (χ1) is 7.16. The molecule has 0 amide bonds. The van der Waals surface area contributed by atoms with Crippen molar-refractivity contribution in [1.82, 2.24) is 5.16 Å². The summed E-state index contributed by atoms with van der Waals surface area (Å²) >= 11 is 6.18. The van der Waals surface area contributed by atoms with Gasteiger partial charge in [-0.05, 0) is 6.42 Å². The lowest BCUT2D eigenvalue weighted by Gasteiger charge is -1.99. The molecule has 0 unspecified atom stereocenters. The Morgan fingerprint density at radius 2 is 2.00 bits per heavy atom. The third-order valence-electron chi connectivity index (χ3n) is 2.53. The first-order valence-electron chi connectivity index (χ1n) is 5.80. The van der Waals surface area contributed by atoms with Crippen molar-refractivity contribution in [1.29, 1.82) is 0 Å². The van der Waals surface area contributed by atoms with Gasteiger partial charge in [0.1, 0.15) is 10.7 Å². The Morgan fingerprint density at radius 1 is 1.27 bits per heavy atom. The second-order valence-corrected chi connectivity index (χ2v) is 4.65. The van der Waals surface area contributed by atoms with Gasteiger partial charge in [-0.15, -0.1) is 0 Å². The molecule has 2 nitrogen and oxygen atoms in total. The number of hydrogen-bond donors (Lipinski definition) is 0. The smallest absolute Gasteiger partial charge is 0.155 e. The second-order valence-electron chi connectivity index (χ2n) is 4.27. The number of rotatable bonds is 6. The molecule has 0 bridgehead atoms. The average Bonchev–Trinajstić information content (AvgIpc) is 2.55. The van der Waals surface area contributed by atoms with E-state index < -0.39 is 0 Å².